The summed E-state index contributed by atoms with van der Waals surface area (Å²) in [5, 5.41) is 0. The zero-order valence-electron chi connectivity index (χ0n) is 14.0. The lowest BCUT2D eigenvalue weighted by molar-refractivity contribution is -0.127. The van der Waals surface area contributed by atoms with Gasteiger partial charge in [0.15, 0.2) is 0 Å². The van der Waals surface area contributed by atoms with Crippen molar-refractivity contribution in [2.45, 2.75) is 13.0 Å². The Hall–Kier alpha value is -2.46. The molecule has 0 saturated carbocycles. The normalized spacial score (nSPS) is 17.1. The van der Waals surface area contributed by atoms with Gasteiger partial charge < -0.3 is 4.90 Å². The van der Waals surface area contributed by atoms with Crippen molar-refractivity contribution in [3.63, 3.8) is 0 Å². The molecule has 124 valence electrons. The molecule has 0 N–H and O–H groups in total. The van der Waals surface area contributed by atoms with E-state index >= 15 is 0 Å². The molecule has 4 nitrogen and oxygen atoms in total. The summed E-state index contributed by atoms with van der Waals surface area (Å²) < 4.78 is 0. The molecule has 1 unspecified atom stereocenters. The fourth-order valence-corrected chi connectivity index (χ4v) is 3.00. The van der Waals surface area contributed by atoms with Crippen molar-refractivity contribution >= 4 is 12.0 Å². The molecule has 4 heteroatoms. The van der Waals surface area contributed by atoms with Gasteiger partial charge in [-0.15, -0.1) is 0 Å². The van der Waals surface area contributed by atoms with Crippen LogP contribution in [0, 0.1) is 0 Å². The fraction of sp³-hybridized carbons (Fsp3) is 0.300. The third-order valence-corrected chi connectivity index (χ3v) is 4.56. The number of nitrogens with zero attached hydrogens (tertiary/aromatic N) is 3. The predicted molar refractivity (Wildman–Crippen MR) is 96.3 cm³/mol. The van der Waals surface area contributed by atoms with Gasteiger partial charge in [-0.3, -0.25) is 14.7 Å². The Morgan fingerprint density at radius 3 is 2.50 bits per heavy atom. The van der Waals surface area contributed by atoms with E-state index in [2.05, 4.69) is 22.9 Å². The van der Waals surface area contributed by atoms with Crippen LogP contribution in [-0.2, 0) is 4.79 Å². The molecule has 1 aliphatic heterocycles. The van der Waals surface area contributed by atoms with Gasteiger partial charge >= 0.3 is 0 Å². The van der Waals surface area contributed by atoms with Crippen molar-refractivity contribution in [1.29, 1.82) is 0 Å². The quantitative estimate of drug-likeness (QED) is 0.812. The number of hydrogen-bond donors (Lipinski definition) is 0. The van der Waals surface area contributed by atoms with Crippen molar-refractivity contribution in [3.05, 3.63) is 72.1 Å². The Kier molecular flexibility index (Phi) is 5.39. The molecule has 1 atom stereocenters. The number of hydrogen-bond acceptors (Lipinski definition) is 3. The standard InChI is InChI=1S/C20H23N3O/c1-17(19-8-5-11-21-16-19)22-12-14-23(15-13-22)20(24)10-9-18-6-3-2-4-7-18/h2-11,16-17H,12-15H2,1H3. The zero-order valence-corrected chi connectivity index (χ0v) is 14.0. The molecule has 0 bridgehead atoms. The third-order valence-electron chi connectivity index (χ3n) is 4.56. The molecular weight excluding hydrogens is 298 g/mol. The smallest absolute Gasteiger partial charge is 0.246 e. The second kappa shape index (κ2) is 7.88. The molecule has 0 aliphatic carbocycles. The molecule has 1 saturated heterocycles. The van der Waals surface area contributed by atoms with Crippen molar-refractivity contribution in [1.82, 2.24) is 14.8 Å². The van der Waals surface area contributed by atoms with Gasteiger partial charge in [0.2, 0.25) is 5.91 Å². The molecule has 1 aromatic heterocycles. The van der Waals surface area contributed by atoms with E-state index < -0.39 is 0 Å². The van der Waals surface area contributed by atoms with Gasteiger partial charge in [0.05, 0.1) is 0 Å². The van der Waals surface area contributed by atoms with Gasteiger partial charge in [-0.25, -0.2) is 0 Å². The van der Waals surface area contributed by atoms with E-state index in [9.17, 15) is 4.79 Å². The number of rotatable bonds is 4. The maximum atomic E-state index is 12.3. The van der Waals surface area contributed by atoms with Crippen LogP contribution in [0.1, 0.15) is 24.1 Å². The topological polar surface area (TPSA) is 36.4 Å². The van der Waals surface area contributed by atoms with Crippen molar-refractivity contribution in [2.24, 2.45) is 0 Å². The van der Waals surface area contributed by atoms with Crippen LogP contribution in [0.4, 0.5) is 0 Å². The van der Waals surface area contributed by atoms with Crippen LogP contribution in [0.3, 0.4) is 0 Å². The number of amides is 1. The highest BCUT2D eigenvalue weighted by atomic mass is 16.2. The van der Waals surface area contributed by atoms with Crippen molar-refractivity contribution in [3.8, 4) is 0 Å². The molecule has 1 aliphatic rings. The average Bonchev–Trinajstić information content (AvgIpc) is 2.67. The molecule has 1 fully saturated rings. The number of carbonyl (C=O) groups excluding carboxylic acids is 1. The number of carbonyl (C=O) groups is 1. The van der Waals surface area contributed by atoms with Gasteiger partial charge in [-0.05, 0) is 30.2 Å². The summed E-state index contributed by atoms with van der Waals surface area (Å²) in [5.41, 5.74) is 2.27. The van der Waals surface area contributed by atoms with Gasteiger partial charge in [0.25, 0.3) is 0 Å². The number of pyridine rings is 1. The number of piperazine rings is 1. The average molecular weight is 321 g/mol. The van der Waals surface area contributed by atoms with E-state index in [0.29, 0.717) is 6.04 Å². The molecule has 0 spiro atoms. The Labute approximate surface area is 143 Å². The Morgan fingerprint density at radius 1 is 1.08 bits per heavy atom. The predicted octanol–water partition coefficient (Wildman–Crippen LogP) is 3.00. The summed E-state index contributed by atoms with van der Waals surface area (Å²) in [7, 11) is 0. The molecule has 24 heavy (non-hydrogen) atoms. The Morgan fingerprint density at radius 2 is 1.83 bits per heavy atom. The van der Waals surface area contributed by atoms with E-state index in [4.69, 9.17) is 0 Å². The maximum absolute atomic E-state index is 12.3. The van der Waals surface area contributed by atoms with E-state index in [0.717, 1.165) is 31.7 Å². The molecule has 2 heterocycles. The summed E-state index contributed by atoms with van der Waals surface area (Å²) in [6, 6.07) is 14.3. The summed E-state index contributed by atoms with van der Waals surface area (Å²) in [6.07, 6.45) is 7.28. The minimum Gasteiger partial charge on any atom is -0.337 e. The molecule has 0 radical (unpaired) electrons. The molecule has 1 aromatic carbocycles. The second-order valence-corrected chi connectivity index (χ2v) is 6.07. The number of aromatic nitrogens is 1. The number of benzene rings is 1. The largest absolute Gasteiger partial charge is 0.337 e. The van der Waals surface area contributed by atoms with Crippen LogP contribution in [0.15, 0.2) is 60.9 Å². The van der Waals surface area contributed by atoms with E-state index in [-0.39, 0.29) is 5.91 Å². The van der Waals surface area contributed by atoms with Crippen LogP contribution < -0.4 is 0 Å². The first kappa shape index (κ1) is 16.4. The van der Waals surface area contributed by atoms with Crippen molar-refractivity contribution in [2.75, 3.05) is 26.2 Å². The van der Waals surface area contributed by atoms with Crippen LogP contribution in [0.5, 0.6) is 0 Å². The van der Waals surface area contributed by atoms with Crippen molar-refractivity contribution < 1.29 is 4.79 Å². The minimum absolute atomic E-state index is 0.0903. The molecular formula is C20H23N3O. The van der Waals surface area contributed by atoms with E-state index in [1.165, 1.54) is 5.56 Å². The van der Waals surface area contributed by atoms with Crippen LogP contribution in [0.25, 0.3) is 6.08 Å². The van der Waals surface area contributed by atoms with E-state index in [1.807, 2.05) is 53.6 Å². The van der Waals surface area contributed by atoms with Gasteiger partial charge in [-0.1, -0.05) is 36.4 Å². The van der Waals surface area contributed by atoms with Gasteiger partial charge in [-0.2, -0.15) is 0 Å². The monoisotopic (exact) mass is 321 g/mol. The first-order chi connectivity index (χ1) is 11.7. The molecule has 3 rings (SSSR count). The molecule has 1 amide bonds. The lowest BCUT2D eigenvalue weighted by Gasteiger charge is -2.37. The Bertz CT molecular complexity index is 677. The molecule has 2 aromatic rings. The third kappa shape index (κ3) is 4.09. The zero-order chi connectivity index (χ0) is 16.8. The highest BCUT2D eigenvalue weighted by Crippen LogP contribution is 2.20. The minimum atomic E-state index is 0.0903. The lowest BCUT2D eigenvalue weighted by atomic mass is 10.1. The Balaban J connectivity index is 1.53. The highest BCUT2D eigenvalue weighted by Gasteiger charge is 2.23. The van der Waals surface area contributed by atoms with Gasteiger partial charge in [0, 0.05) is 50.7 Å². The lowest BCUT2D eigenvalue weighted by Crippen LogP contribution is -2.48. The second-order valence-electron chi connectivity index (χ2n) is 6.07. The SMILES string of the molecule is CC(c1cccnc1)N1CCN(C(=O)C=Cc2ccccc2)CC1. The van der Waals surface area contributed by atoms with Crippen LogP contribution in [-0.4, -0.2) is 46.9 Å². The maximum Gasteiger partial charge on any atom is 0.246 e. The van der Waals surface area contributed by atoms with Crippen LogP contribution in [0.2, 0.25) is 0 Å². The summed E-state index contributed by atoms with van der Waals surface area (Å²) in [4.78, 5) is 20.9. The fourth-order valence-electron chi connectivity index (χ4n) is 3.00. The summed E-state index contributed by atoms with van der Waals surface area (Å²) in [6.45, 7) is 5.51. The first-order valence-corrected chi connectivity index (χ1v) is 8.40. The van der Waals surface area contributed by atoms with E-state index in [1.54, 1.807) is 12.3 Å². The summed E-state index contributed by atoms with van der Waals surface area (Å²) >= 11 is 0. The first-order valence-electron chi connectivity index (χ1n) is 8.40. The summed E-state index contributed by atoms with van der Waals surface area (Å²) in [5.74, 6) is 0.0903. The highest BCUT2D eigenvalue weighted by molar-refractivity contribution is 5.91. The van der Waals surface area contributed by atoms with Crippen LogP contribution >= 0.6 is 0 Å². The van der Waals surface area contributed by atoms with Gasteiger partial charge in [0.1, 0.15) is 0 Å².